The molecule has 0 fully saturated rings. The Hall–Kier alpha value is -1.43. The minimum Gasteiger partial charge on any atom is -0.462 e. The summed E-state index contributed by atoms with van der Waals surface area (Å²) in [5, 5.41) is 11.1. The number of carbonyl (C=O) groups excluding carboxylic acids is 1. The first kappa shape index (κ1) is 12.6. The third-order valence-electron chi connectivity index (χ3n) is 1.85. The number of nitro groups is 1. The van der Waals surface area contributed by atoms with Crippen LogP contribution in [0.5, 0.6) is 0 Å². The van der Waals surface area contributed by atoms with Crippen LogP contribution in [0.25, 0.3) is 0 Å². The van der Waals surface area contributed by atoms with Crippen molar-refractivity contribution in [3.63, 3.8) is 0 Å². The van der Waals surface area contributed by atoms with Gasteiger partial charge in [-0.05, 0) is 18.6 Å². The number of nitro benzene ring substituents is 1. The standard InChI is InChI=1S/C10H10BrNO4/c1-2-16-10(13)8-3-7(6-11)4-9(5-8)12(14)15/h3-5H,2,6H2,1H3. The van der Waals surface area contributed by atoms with Crippen LogP contribution >= 0.6 is 15.9 Å². The number of benzene rings is 1. The maximum Gasteiger partial charge on any atom is 0.338 e. The van der Waals surface area contributed by atoms with Gasteiger partial charge in [-0.25, -0.2) is 4.79 Å². The third-order valence-corrected chi connectivity index (χ3v) is 2.50. The molecule has 0 unspecified atom stereocenters. The topological polar surface area (TPSA) is 69.4 Å². The molecule has 0 saturated heterocycles. The van der Waals surface area contributed by atoms with Crippen LogP contribution in [-0.4, -0.2) is 17.5 Å². The molecule has 0 spiro atoms. The predicted molar refractivity (Wildman–Crippen MR) is 61.7 cm³/mol. The molecule has 0 aliphatic carbocycles. The zero-order valence-corrected chi connectivity index (χ0v) is 10.2. The van der Waals surface area contributed by atoms with Crippen LogP contribution in [0, 0.1) is 10.1 Å². The normalized spacial score (nSPS) is 9.88. The number of hydrogen-bond acceptors (Lipinski definition) is 4. The SMILES string of the molecule is CCOC(=O)c1cc(CBr)cc([N+](=O)[O-])c1. The molecule has 0 aliphatic rings. The molecule has 0 amide bonds. The van der Waals surface area contributed by atoms with Crippen molar-refractivity contribution in [3.05, 3.63) is 39.4 Å². The van der Waals surface area contributed by atoms with Crippen molar-refractivity contribution >= 4 is 27.6 Å². The third kappa shape index (κ3) is 3.03. The highest BCUT2D eigenvalue weighted by atomic mass is 79.9. The molecule has 1 aromatic carbocycles. The minimum absolute atomic E-state index is 0.111. The highest BCUT2D eigenvalue weighted by Gasteiger charge is 2.14. The van der Waals surface area contributed by atoms with E-state index >= 15 is 0 Å². The smallest absolute Gasteiger partial charge is 0.338 e. The monoisotopic (exact) mass is 287 g/mol. The number of nitrogens with zero attached hydrogens (tertiary/aromatic N) is 1. The van der Waals surface area contributed by atoms with Gasteiger partial charge in [0.05, 0.1) is 17.1 Å². The average molecular weight is 288 g/mol. The summed E-state index contributed by atoms with van der Waals surface area (Å²) in [5.41, 5.74) is 0.753. The second kappa shape index (κ2) is 5.60. The first-order valence-electron chi connectivity index (χ1n) is 4.60. The summed E-state index contributed by atoms with van der Waals surface area (Å²) in [6.07, 6.45) is 0. The number of non-ortho nitro benzene ring substituents is 1. The molecule has 6 heteroatoms. The predicted octanol–water partition coefficient (Wildman–Crippen LogP) is 2.67. The summed E-state index contributed by atoms with van der Waals surface area (Å²) in [7, 11) is 0. The summed E-state index contributed by atoms with van der Waals surface area (Å²) in [5.74, 6) is -0.548. The van der Waals surface area contributed by atoms with Gasteiger partial charge in [-0.3, -0.25) is 10.1 Å². The number of carbonyl (C=O) groups is 1. The van der Waals surface area contributed by atoms with Crippen molar-refractivity contribution in [2.45, 2.75) is 12.3 Å². The largest absolute Gasteiger partial charge is 0.462 e. The molecule has 0 aromatic heterocycles. The van der Waals surface area contributed by atoms with Crippen LogP contribution in [0.4, 0.5) is 5.69 Å². The fraction of sp³-hybridized carbons (Fsp3) is 0.300. The lowest BCUT2D eigenvalue weighted by Crippen LogP contribution is -2.06. The Kier molecular flexibility index (Phi) is 4.42. The fourth-order valence-electron chi connectivity index (χ4n) is 1.19. The number of esters is 1. The fourth-order valence-corrected chi connectivity index (χ4v) is 1.51. The van der Waals surface area contributed by atoms with Crippen LogP contribution in [0.1, 0.15) is 22.8 Å². The van der Waals surface area contributed by atoms with Gasteiger partial charge in [0.2, 0.25) is 0 Å². The summed E-state index contributed by atoms with van der Waals surface area (Å²) >= 11 is 3.19. The number of halogens is 1. The van der Waals surface area contributed by atoms with E-state index in [2.05, 4.69) is 15.9 Å². The van der Waals surface area contributed by atoms with Crippen LogP contribution < -0.4 is 0 Å². The highest BCUT2D eigenvalue weighted by molar-refractivity contribution is 9.08. The number of rotatable bonds is 4. The van der Waals surface area contributed by atoms with Gasteiger partial charge in [0.15, 0.2) is 0 Å². The van der Waals surface area contributed by atoms with E-state index in [1.165, 1.54) is 12.1 Å². The molecule has 16 heavy (non-hydrogen) atoms. The van der Waals surface area contributed by atoms with Crippen molar-refractivity contribution < 1.29 is 14.5 Å². The molecule has 86 valence electrons. The molecule has 1 aromatic rings. The Balaban J connectivity index is 3.13. The summed E-state index contributed by atoms with van der Waals surface area (Å²) in [6.45, 7) is 1.92. The molecule has 1 rings (SSSR count). The van der Waals surface area contributed by atoms with Gasteiger partial charge in [-0.1, -0.05) is 15.9 Å². The van der Waals surface area contributed by atoms with Gasteiger partial charge in [0, 0.05) is 17.5 Å². The van der Waals surface area contributed by atoms with E-state index in [0.29, 0.717) is 10.9 Å². The van der Waals surface area contributed by atoms with Gasteiger partial charge in [0.25, 0.3) is 5.69 Å². The Morgan fingerprint density at radius 2 is 2.19 bits per heavy atom. The minimum atomic E-state index is -0.548. The van der Waals surface area contributed by atoms with E-state index in [1.807, 2.05) is 0 Å². The van der Waals surface area contributed by atoms with Gasteiger partial charge in [0.1, 0.15) is 0 Å². The first-order chi connectivity index (χ1) is 7.58. The molecule has 0 radical (unpaired) electrons. The van der Waals surface area contributed by atoms with Gasteiger partial charge in [-0.15, -0.1) is 0 Å². The van der Waals surface area contributed by atoms with E-state index in [9.17, 15) is 14.9 Å². The molecule has 5 nitrogen and oxygen atoms in total. The quantitative estimate of drug-likeness (QED) is 0.369. The highest BCUT2D eigenvalue weighted by Crippen LogP contribution is 2.19. The summed E-state index contributed by atoms with van der Waals surface area (Å²) in [4.78, 5) is 21.5. The zero-order chi connectivity index (χ0) is 12.1. The van der Waals surface area contributed by atoms with Crippen LogP contribution in [0.2, 0.25) is 0 Å². The van der Waals surface area contributed by atoms with Crippen LogP contribution in [0.3, 0.4) is 0 Å². The number of alkyl halides is 1. The van der Waals surface area contributed by atoms with E-state index in [-0.39, 0.29) is 17.9 Å². The van der Waals surface area contributed by atoms with E-state index < -0.39 is 10.9 Å². The molecule has 0 heterocycles. The number of ether oxygens (including phenoxy) is 1. The van der Waals surface area contributed by atoms with Crippen molar-refractivity contribution in [1.29, 1.82) is 0 Å². The Morgan fingerprint density at radius 3 is 2.69 bits per heavy atom. The van der Waals surface area contributed by atoms with E-state index in [4.69, 9.17) is 4.74 Å². The second-order valence-corrected chi connectivity index (χ2v) is 3.56. The lowest BCUT2D eigenvalue weighted by molar-refractivity contribution is -0.384. The molecule has 0 atom stereocenters. The van der Waals surface area contributed by atoms with E-state index in [1.54, 1.807) is 13.0 Å². The lowest BCUT2D eigenvalue weighted by Gasteiger charge is -2.03. The summed E-state index contributed by atoms with van der Waals surface area (Å²) < 4.78 is 4.79. The Bertz CT molecular complexity index is 419. The lowest BCUT2D eigenvalue weighted by atomic mass is 10.1. The molecular formula is C10H10BrNO4. The van der Waals surface area contributed by atoms with Crippen molar-refractivity contribution in [3.8, 4) is 0 Å². The molecule has 0 N–H and O–H groups in total. The first-order valence-corrected chi connectivity index (χ1v) is 5.72. The van der Waals surface area contributed by atoms with Crippen molar-refractivity contribution in [2.24, 2.45) is 0 Å². The maximum atomic E-state index is 11.4. The van der Waals surface area contributed by atoms with Gasteiger partial charge < -0.3 is 4.74 Å². The average Bonchev–Trinajstić information content (AvgIpc) is 2.28. The number of hydrogen-bond donors (Lipinski definition) is 0. The Morgan fingerprint density at radius 1 is 1.50 bits per heavy atom. The van der Waals surface area contributed by atoms with Crippen LogP contribution in [-0.2, 0) is 10.1 Å². The van der Waals surface area contributed by atoms with Gasteiger partial charge >= 0.3 is 5.97 Å². The molecule has 0 bridgehead atoms. The second-order valence-electron chi connectivity index (χ2n) is 3.00. The molecular weight excluding hydrogens is 278 g/mol. The van der Waals surface area contributed by atoms with Crippen molar-refractivity contribution in [1.82, 2.24) is 0 Å². The molecule has 0 aliphatic heterocycles. The van der Waals surface area contributed by atoms with E-state index in [0.717, 1.165) is 0 Å². The Labute approximate surface area is 101 Å². The maximum absolute atomic E-state index is 11.4. The van der Waals surface area contributed by atoms with Gasteiger partial charge in [-0.2, -0.15) is 0 Å². The summed E-state index contributed by atoms with van der Waals surface area (Å²) in [6, 6.07) is 4.20. The van der Waals surface area contributed by atoms with Crippen molar-refractivity contribution in [2.75, 3.05) is 6.61 Å². The zero-order valence-electron chi connectivity index (χ0n) is 8.60. The molecule has 0 saturated carbocycles. The van der Waals surface area contributed by atoms with Crippen LogP contribution in [0.15, 0.2) is 18.2 Å².